The van der Waals surface area contributed by atoms with Crippen LogP contribution in [0.4, 0.5) is 13.2 Å². The lowest BCUT2D eigenvalue weighted by molar-refractivity contribution is -0.179. The standard InChI is InChI=1S/C10H14F3NO/c1-7(2)8-4-5-9(10(11,12)13)14(6-8)15-3/h4-5,7H,6H2,1-3H3. The van der Waals surface area contributed by atoms with Crippen molar-refractivity contribution < 1.29 is 18.0 Å². The van der Waals surface area contributed by atoms with E-state index < -0.39 is 11.9 Å². The first kappa shape index (κ1) is 12.1. The summed E-state index contributed by atoms with van der Waals surface area (Å²) in [5, 5.41) is 0.870. The molecule has 2 nitrogen and oxygen atoms in total. The summed E-state index contributed by atoms with van der Waals surface area (Å²) >= 11 is 0. The van der Waals surface area contributed by atoms with Crippen molar-refractivity contribution in [3.05, 3.63) is 23.4 Å². The largest absolute Gasteiger partial charge is 0.433 e. The molecule has 0 aliphatic carbocycles. The predicted octanol–water partition coefficient (Wildman–Crippen LogP) is 2.89. The van der Waals surface area contributed by atoms with Gasteiger partial charge in [0.1, 0.15) is 5.70 Å². The Hall–Kier alpha value is -0.970. The van der Waals surface area contributed by atoms with Crippen molar-refractivity contribution in [1.82, 2.24) is 5.06 Å². The molecule has 5 heteroatoms. The normalized spacial score (nSPS) is 17.9. The molecule has 0 aromatic heterocycles. The van der Waals surface area contributed by atoms with E-state index in [9.17, 15) is 13.2 Å². The average Bonchev–Trinajstić information content (AvgIpc) is 2.15. The first-order valence-corrected chi connectivity index (χ1v) is 4.66. The van der Waals surface area contributed by atoms with Crippen LogP contribution in [0.5, 0.6) is 0 Å². The van der Waals surface area contributed by atoms with Gasteiger partial charge in [0.05, 0.1) is 13.7 Å². The lowest BCUT2D eigenvalue weighted by Gasteiger charge is -2.30. The van der Waals surface area contributed by atoms with Crippen molar-refractivity contribution >= 4 is 0 Å². The van der Waals surface area contributed by atoms with E-state index in [-0.39, 0.29) is 12.5 Å². The van der Waals surface area contributed by atoms with Crippen molar-refractivity contribution in [2.45, 2.75) is 20.0 Å². The Morgan fingerprint density at radius 2 is 1.93 bits per heavy atom. The SMILES string of the molecule is CON1CC(C(C)C)=CC=C1C(F)(F)F. The lowest BCUT2D eigenvalue weighted by Crippen LogP contribution is -2.35. The molecular formula is C10H14F3NO. The van der Waals surface area contributed by atoms with Crippen LogP contribution in [0.15, 0.2) is 23.4 Å². The van der Waals surface area contributed by atoms with E-state index in [0.29, 0.717) is 0 Å². The molecule has 0 bridgehead atoms. The van der Waals surface area contributed by atoms with E-state index in [1.165, 1.54) is 13.2 Å². The second-order valence-electron chi connectivity index (χ2n) is 3.67. The van der Waals surface area contributed by atoms with Crippen LogP contribution in [0.3, 0.4) is 0 Å². The summed E-state index contributed by atoms with van der Waals surface area (Å²) in [5.41, 5.74) is 0.166. The summed E-state index contributed by atoms with van der Waals surface area (Å²) in [5.74, 6) is 0.216. The maximum absolute atomic E-state index is 12.5. The van der Waals surface area contributed by atoms with Gasteiger partial charge in [-0.1, -0.05) is 19.9 Å². The summed E-state index contributed by atoms with van der Waals surface area (Å²) in [6.45, 7) is 4.04. The smallest absolute Gasteiger partial charge is 0.276 e. The molecule has 0 saturated heterocycles. The van der Waals surface area contributed by atoms with E-state index >= 15 is 0 Å². The number of allylic oxidation sites excluding steroid dienone is 3. The van der Waals surface area contributed by atoms with Gasteiger partial charge in [0.15, 0.2) is 0 Å². The van der Waals surface area contributed by atoms with Crippen LogP contribution in [-0.4, -0.2) is 24.9 Å². The van der Waals surface area contributed by atoms with Gasteiger partial charge in [-0.3, -0.25) is 4.84 Å². The molecule has 0 fully saturated rings. The fraction of sp³-hybridized carbons (Fsp3) is 0.600. The zero-order valence-corrected chi connectivity index (χ0v) is 8.93. The summed E-state index contributed by atoms with van der Waals surface area (Å²) < 4.78 is 37.5. The van der Waals surface area contributed by atoms with E-state index in [1.54, 1.807) is 0 Å². The molecule has 0 N–H and O–H groups in total. The van der Waals surface area contributed by atoms with Crippen LogP contribution in [0, 0.1) is 5.92 Å². The van der Waals surface area contributed by atoms with E-state index in [0.717, 1.165) is 16.7 Å². The topological polar surface area (TPSA) is 12.5 Å². The Morgan fingerprint density at radius 1 is 1.33 bits per heavy atom. The van der Waals surface area contributed by atoms with Crippen LogP contribution in [-0.2, 0) is 4.84 Å². The van der Waals surface area contributed by atoms with Crippen molar-refractivity contribution in [1.29, 1.82) is 0 Å². The molecule has 0 unspecified atom stereocenters. The highest BCUT2D eigenvalue weighted by molar-refractivity contribution is 5.26. The van der Waals surface area contributed by atoms with E-state index in [4.69, 9.17) is 4.84 Å². The van der Waals surface area contributed by atoms with Gasteiger partial charge in [-0.05, 0) is 17.6 Å². The molecule has 0 aromatic rings. The van der Waals surface area contributed by atoms with Gasteiger partial charge >= 0.3 is 6.18 Å². The number of alkyl halides is 3. The molecule has 86 valence electrons. The zero-order chi connectivity index (χ0) is 11.6. The quantitative estimate of drug-likeness (QED) is 0.710. The minimum absolute atomic E-state index is 0.166. The Balaban J connectivity index is 2.96. The highest BCUT2D eigenvalue weighted by Crippen LogP contribution is 2.32. The number of nitrogens with zero attached hydrogens (tertiary/aromatic N) is 1. The number of rotatable bonds is 2. The number of hydrogen-bond donors (Lipinski definition) is 0. The molecule has 0 saturated carbocycles. The Kier molecular flexibility index (Phi) is 3.44. The minimum Gasteiger partial charge on any atom is -0.276 e. The molecule has 1 aliphatic heterocycles. The maximum Gasteiger partial charge on any atom is 0.433 e. The number of halogens is 3. The Labute approximate surface area is 87.0 Å². The number of hydroxylamine groups is 2. The molecule has 0 amide bonds. The summed E-state index contributed by atoms with van der Waals surface area (Å²) in [6, 6.07) is 0. The fourth-order valence-corrected chi connectivity index (χ4v) is 1.35. The lowest BCUT2D eigenvalue weighted by atomic mass is 10.0. The Bertz CT molecular complexity index is 292. The highest BCUT2D eigenvalue weighted by Gasteiger charge is 2.39. The van der Waals surface area contributed by atoms with Gasteiger partial charge in [0, 0.05) is 0 Å². The first-order valence-electron chi connectivity index (χ1n) is 4.66. The maximum atomic E-state index is 12.5. The van der Waals surface area contributed by atoms with Crippen LogP contribution in [0.1, 0.15) is 13.8 Å². The Morgan fingerprint density at radius 3 is 2.33 bits per heavy atom. The fourth-order valence-electron chi connectivity index (χ4n) is 1.35. The summed E-state index contributed by atoms with van der Waals surface area (Å²) in [4.78, 5) is 4.71. The van der Waals surface area contributed by atoms with Gasteiger partial charge in [-0.15, -0.1) is 0 Å². The highest BCUT2D eigenvalue weighted by atomic mass is 19.4. The zero-order valence-electron chi connectivity index (χ0n) is 8.93. The third-order valence-electron chi connectivity index (χ3n) is 2.30. The van der Waals surface area contributed by atoms with Crippen molar-refractivity contribution in [2.75, 3.05) is 13.7 Å². The molecule has 0 spiro atoms. The summed E-state index contributed by atoms with van der Waals surface area (Å²) in [6.07, 6.45) is -1.79. The van der Waals surface area contributed by atoms with Crippen molar-refractivity contribution in [2.24, 2.45) is 5.92 Å². The van der Waals surface area contributed by atoms with Gasteiger partial charge in [-0.2, -0.15) is 13.2 Å². The molecule has 1 aliphatic rings. The second kappa shape index (κ2) is 4.26. The average molecular weight is 221 g/mol. The minimum atomic E-state index is -4.37. The van der Waals surface area contributed by atoms with Gasteiger partial charge in [0.2, 0.25) is 0 Å². The molecule has 0 atom stereocenters. The first-order chi connectivity index (χ1) is 6.86. The number of hydrogen-bond acceptors (Lipinski definition) is 2. The van der Waals surface area contributed by atoms with E-state index in [2.05, 4.69) is 0 Å². The second-order valence-corrected chi connectivity index (χ2v) is 3.67. The van der Waals surface area contributed by atoms with Crippen LogP contribution >= 0.6 is 0 Å². The predicted molar refractivity (Wildman–Crippen MR) is 50.8 cm³/mol. The van der Waals surface area contributed by atoms with Crippen LogP contribution < -0.4 is 0 Å². The van der Waals surface area contributed by atoms with Crippen molar-refractivity contribution in [3.63, 3.8) is 0 Å². The molecule has 0 aromatic carbocycles. The molecule has 15 heavy (non-hydrogen) atoms. The summed E-state index contributed by atoms with van der Waals surface area (Å²) in [7, 11) is 1.24. The third kappa shape index (κ3) is 2.75. The molecular weight excluding hydrogens is 207 g/mol. The van der Waals surface area contributed by atoms with Crippen LogP contribution in [0.25, 0.3) is 0 Å². The third-order valence-corrected chi connectivity index (χ3v) is 2.30. The molecule has 0 radical (unpaired) electrons. The molecule has 1 heterocycles. The van der Waals surface area contributed by atoms with E-state index in [1.807, 2.05) is 13.8 Å². The van der Waals surface area contributed by atoms with Crippen molar-refractivity contribution in [3.8, 4) is 0 Å². The van der Waals surface area contributed by atoms with Gasteiger partial charge in [-0.25, -0.2) is 5.06 Å². The monoisotopic (exact) mass is 221 g/mol. The molecule has 1 rings (SSSR count). The van der Waals surface area contributed by atoms with Gasteiger partial charge in [0.25, 0.3) is 0 Å². The van der Waals surface area contributed by atoms with Gasteiger partial charge < -0.3 is 0 Å². The van der Waals surface area contributed by atoms with Crippen LogP contribution in [0.2, 0.25) is 0 Å².